The molecule has 8 heteroatoms. The number of ether oxygens (including phenoxy) is 1. The summed E-state index contributed by atoms with van der Waals surface area (Å²) in [6.07, 6.45) is 1.29. The van der Waals surface area contributed by atoms with Gasteiger partial charge in [-0.1, -0.05) is 13.8 Å². The lowest BCUT2D eigenvalue weighted by Crippen LogP contribution is -2.53. The number of halogens is 3. The molecule has 3 atom stereocenters. The van der Waals surface area contributed by atoms with Crippen molar-refractivity contribution < 1.29 is 30.5 Å². The van der Waals surface area contributed by atoms with Gasteiger partial charge in [-0.05, 0) is 25.2 Å². The first-order valence-corrected chi connectivity index (χ1v) is 7.54. The van der Waals surface area contributed by atoms with Crippen LogP contribution in [0.1, 0.15) is 33.1 Å². The van der Waals surface area contributed by atoms with Crippen molar-refractivity contribution in [2.24, 2.45) is 11.3 Å². The monoisotopic (exact) mass is 300 g/mol. The fourth-order valence-electron chi connectivity index (χ4n) is 4.02. The van der Waals surface area contributed by atoms with Crippen LogP contribution in [0.3, 0.4) is 0 Å². The fraction of sp³-hybridized carbons (Fsp3) is 1.00. The normalized spacial score (nSPS) is 43.9. The second-order valence-corrected chi connectivity index (χ2v) is 7.79. The number of rotatable bonds is 2. The number of fused-ring (bicyclic) bond motifs is 3. The molecule has 0 amide bonds. The Morgan fingerprint density at radius 3 is 2.37 bits per heavy atom. The molecular formula is C11H15F3O4S. The SMILES string of the molecule is CC1(C)C2CCC(OS(=O)(=O)C(F)(F)F)(C2)[C@@]12CO2. The van der Waals surface area contributed by atoms with Crippen LogP contribution in [-0.4, -0.2) is 31.7 Å². The van der Waals surface area contributed by atoms with E-state index in [2.05, 4.69) is 4.18 Å². The van der Waals surface area contributed by atoms with Gasteiger partial charge in [-0.3, -0.25) is 4.18 Å². The van der Waals surface area contributed by atoms with Crippen LogP contribution in [0.5, 0.6) is 0 Å². The molecule has 3 rings (SSSR count). The van der Waals surface area contributed by atoms with E-state index in [1.165, 1.54) is 0 Å². The van der Waals surface area contributed by atoms with Crippen molar-refractivity contribution >= 4 is 10.1 Å². The minimum atomic E-state index is -5.59. The first kappa shape index (κ1) is 13.6. The maximum Gasteiger partial charge on any atom is 0.523 e. The van der Waals surface area contributed by atoms with E-state index in [-0.39, 0.29) is 17.9 Å². The zero-order chi connectivity index (χ0) is 14.3. The van der Waals surface area contributed by atoms with Crippen molar-refractivity contribution in [3.63, 3.8) is 0 Å². The van der Waals surface area contributed by atoms with Crippen molar-refractivity contribution in [2.75, 3.05) is 6.61 Å². The van der Waals surface area contributed by atoms with Gasteiger partial charge in [0.05, 0.1) is 6.61 Å². The summed E-state index contributed by atoms with van der Waals surface area (Å²) in [6, 6.07) is 0. The summed E-state index contributed by atoms with van der Waals surface area (Å²) in [5.41, 5.74) is -7.95. The van der Waals surface area contributed by atoms with Crippen LogP contribution in [0.2, 0.25) is 0 Å². The Labute approximate surface area is 109 Å². The van der Waals surface area contributed by atoms with Gasteiger partial charge in [0, 0.05) is 5.41 Å². The molecule has 2 unspecified atom stereocenters. The Balaban J connectivity index is 1.98. The summed E-state index contributed by atoms with van der Waals surface area (Å²) >= 11 is 0. The molecule has 0 aromatic carbocycles. The van der Waals surface area contributed by atoms with Crippen LogP contribution < -0.4 is 0 Å². The highest BCUT2D eigenvalue weighted by Crippen LogP contribution is 2.71. The summed E-state index contributed by atoms with van der Waals surface area (Å²) < 4.78 is 70.3. The average molecular weight is 300 g/mol. The molecule has 1 aliphatic heterocycles. The molecule has 2 bridgehead atoms. The molecule has 1 heterocycles. The smallest absolute Gasteiger partial charge is 0.366 e. The van der Waals surface area contributed by atoms with Crippen LogP contribution in [0.4, 0.5) is 13.2 Å². The molecule has 2 saturated carbocycles. The Bertz CT molecular complexity index is 521. The standard InChI is InChI=1S/C11H15F3O4S/c1-8(2)7-3-4-9(5-7,10(8)6-17-10)18-19(15,16)11(12,13)14/h7H,3-6H2,1-2H3/t7?,9?,10-/m1/s1. The summed E-state index contributed by atoms with van der Waals surface area (Å²) in [5, 5.41) is 0. The maximum atomic E-state index is 12.5. The highest BCUT2D eigenvalue weighted by Gasteiger charge is 2.80. The number of hydrogen-bond acceptors (Lipinski definition) is 4. The van der Waals surface area contributed by atoms with Crippen molar-refractivity contribution in [3.05, 3.63) is 0 Å². The van der Waals surface area contributed by atoms with E-state index in [1.807, 2.05) is 13.8 Å². The minimum absolute atomic E-state index is 0.137. The fourth-order valence-corrected chi connectivity index (χ4v) is 4.82. The van der Waals surface area contributed by atoms with E-state index >= 15 is 0 Å². The molecule has 2 aliphatic carbocycles. The zero-order valence-corrected chi connectivity index (χ0v) is 11.4. The molecule has 0 N–H and O–H groups in total. The number of hydrogen-bond donors (Lipinski definition) is 0. The van der Waals surface area contributed by atoms with Gasteiger partial charge in [0.2, 0.25) is 0 Å². The quantitative estimate of drug-likeness (QED) is 0.446. The van der Waals surface area contributed by atoms with Crippen LogP contribution in [0, 0.1) is 11.3 Å². The second kappa shape index (κ2) is 3.28. The first-order valence-electron chi connectivity index (χ1n) is 6.13. The predicted octanol–water partition coefficient (Wildman–Crippen LogP) is 2.20. The van der Waals surface area contributed by atoms with Gasteiger partial charge in [-0.25, -0.2) is 0 Å². The lowest BCUT2D eigenvalue weighted by atomic mass is 9.67. The van der Waals surface area contributed by atoms with Crippen molar-refractivity contribution in [1.29, 1.82) is 0 Å². The van der Waals surface area contributed by atoms with Crippen LogP contribution in [0.15, 0.2) is 0 Å². The van der Waals surface area contributed by atoms with E-state index in [0.29, 0.717) is 19.3 Å². The van der Waals surface area contributed by atoms with Gasteiger partial charge in [-0.2, -0.15) is 21.6 Å². The molecular weight excluding hydrogens is 285 g/mol. The highest BCUT2D eigenvalue weighted by molar-refractivity contribution is 7.87. The summed E-state index contributed by atoms with van der Waals surface area (Å²) in [6.45, 7) is 4.09. The Morgan fingerprint density at radius 1 is 1.32 bits per heavy atom. The van der Waals surface area contributed by atoms with Crippen LogP contribution in [0.25, 0.3) is 0 Å². The van der Waals surface area contributed by atoms with Crippen molar-refractivity contribution in [2.45, 2.75) is 49.8 Å². The van der Waals surface area contributed by atoms with Gasteiger partial charge in [-0.15, -0.1) is 0 Å². The van der Waals surface area contributed by atoms with E-state index in [0.717, 1.165) is 0 Å². The van der Waals surface area contributed by atoms with E-state index in [4.69, 9.17) is 4.74 Å². The Hall–Kier alpha value is -0.340. The lowest BCUT2D eigenvalue weighted by molar-refractivity contribution is -0.0839. The average Bonchev–Trinajstić information content (AvgIpc) is 2.90. The van der Waals surface area contributed by atoms with Gasteiger partial charge in [0.25, 0.3) is 0 Å². The second-order valence-electron chi connectivity index (χ2n) is 6.25. The Kier molecular flexibility index (Phi) is 2.35. The molecule has 19 heavy (non-hydrogen) atoms. The molecule has 0 aromatic heterocycles. The van der Waals surface area contributed by atoms with Crippen LogP contribution >= 0.6 is 0 Å². The maximum absolute atomic E-state index is 12.5. The molecule has 110 valence electrons. The highest BCUT2D eigenvalue weighted by atomic mass is 32.2. The number of epoxide rings is 1. The lowest BCUT2D eigenvalue weighted by Gasteiger charge is -2.41. The predicted molar refractivity (Wildman–Crippen MR) is 58.6 cm³/mol. The summed E-state index contributed by atoms with van der Waals surface area (Å²) in [5.74, 6) is 0.137. The third kappa shape index (κ3) is 1.45. The van der Waals surface area contributed by atoms with Crippen LogP contribution in [-0.2, 0) is 19.0 Å². The minimum Gasteiger partial charge on any atom is -0.366 e. The summed E-state index contributed by atoms with van der Waals surface area (Å²) in [4.78, 5) is 0. The third-order valence-electron chi connectivity index (χ3n) is 5.26. The third-order valence-corrected chi connectivity index (χ3v) is 6.36. The van der Waals surface area contributed by atoms with E-state index < -0.39 is 26.8 Å². The van der Waals surface area contributed by atoms with Gasteiger partial charge in [0.15, 0.2) is 0 Å². The first-order chi connectivity index (χ1) is 8.48. The van der Waals surface area contributed by atoms with E-state index in [1.54, 1.807) is 0 Å². The molecule has 0 radical (unpaired) electrons. The molecule has 1 saturated heterocycles. The summed E-state index contributed by atoms with van der Waals surface area (Å²) in [7, 11) is -5.59. The molecule has 4 nitrogen and oxygen atoms in total. The largest absolute Gasteiger partial charge is 0.523 e. The van der Waals surface area contributed by atoms with Crippen molar-refractivity contribution in [3.8, 4) is 0 Å². The van der Waals surface area contributed by atoms with Gasteiger partial charge < -0.3 is 4.74 Å². The molecule has 3 aliphatic rings. The number of alkyl halides is 3. The molecule has 1 spiro atoms. The van der Waals surface area contributed by atoms with E-state index in [9.17, 15) is 21.6 Å². The van der Waals surface area contributed by atoms with Gasteiger partial charge >= 0.3 is 15.6 Å². The van der Waals surface area contributed by atoms with Crippen molar-refractivity contribution in [1.82, 2.24) is 0 Å². The zero-order valence-electron chi connectivity index (χ0n) is 10.6. The topological polar surface area (TPSA) is 55.9 Å². The van der Waals surface area contributed by atoms with Gasteiger partial charge in [0.1, 0.15) is 11.2 Å². The molecule has 0 aromatic rings. The molecule has 3 fully saturated rings. The Morgan fingerprint density at radius 2 is 1.89 bits per heavy atom.